The number of hydrogen-bond acceptors (Lipinski definition) is 0. The van der Waals surface area contributed by atoms with Crippen molar-refractivity contribution in [2.24, 2.45) is 0 Å². The van der Waals surface area contributed by atoms with Gasteiger partial charge in [-0.25, -0.2) is 0 Å². The second-order valence-corrected chi connectivity index (χ2v) is 13.4. The zero-order valence-corrected chi connectivity index (χ0v) is 9.11. The van der Waals surface area contributed by atoms with Crippen LogP contribution in [0.15, 0.2) is 0 Å². The SMILES string of the molecule is CC(I)(I)I. The summed E-state index contributed by atoms with van der Waals surface area (Å²) < 4.78 is 0.410. The van der Waals surface area contributed by atoms with E-state index in [1.807, 2.05) is 0 Å². The molecule has 3 heteroatoms. The van der Waals surface area contributed by atoms with E-state index in [1.54, 1.807) is 0 Å². The Labute approximate surface area is 72.9 Å². The molecule has 0 aromatic heterocycles. The van der Waals surface area contributed by atoms with Crippen LogP contribution >= 0.6 is 67.8 Å². The lowest BCUT2D eigenvalue weighted by molar-refractivity contribution is 1.50. The molecule has 0 rings (SSSR count). The van der Waals surface area contributed by atoms with Crippen molar-refractivity contribution in [2.75, 3.05) is 0 Å². The van der Waals surface area contributed by atoms with Crippen LogP contribution in [0.3, 0.4) is 0 Å². The number of hydrogen-bond donors (Lipinski definition) is 0. The van der Waals surface area contributed by atoms with Gasteiger partial charge in [0.05, 0.1) is 0 Å². The minimum absolute atomic E-state index is 0.410. The van der Waals surface area contributed by atoms with Gasteiger partial charge in [0.1, 0.15) is -0.565 Å². The van der Waals surface area contributed by atoms with Gasteiger partial charge in [0, 0.05) is 0 Å². The number of rotatable bonds is 0. The lowest BCUT2D eigenvalue weighted by atomic mass is 11.0. The van der Waals surface area contributed by atoms with Gasteiger partial charge in [-0.2, -0.15) is 0 Å². The van der Waals surface area contributed by atoms with E-state index in [0.717, 1.165) is 0 Å². The molecule has 0 radical (unpaired) electrons. The average molecular weight is 408 g/mol. The standard InChI is InChI=1S/C2H3I3/c1-2(3,4)5/h1H3. The molecule has 0 bridgehead atoms. The van der Waals surface area contributed by atoms with Crippen molar-refractivity contribution >= 4 is 67.8 Å². The van der Waals surface area contributed by atoms with Gasteiger partial charge in [0.2, 0.25) is 0 Å². The summed E-state index contributed by atoms with van der Waals surface area (Å²) >= 11 is 7.05. The molecule has 0 aromatic rings. The van der Waals surface area contributed by atoms with E-state index < -0.39 is 0 Å². The van der Waals surface area contributed by atoms with Crippen molar-refractivity contribution in [1.82, 2.24) is 0 Å². The third-order valence-corrected chi connectivity index (χ3v) is 0. The smallest absolute Gasteiger partial charge is 0.0557 e. The minimum atomic E-state index is 0.410. The predicted molar refractivity (Wildman–Crippen MR) is 50.5 cm³/mol. The van der Waals surface area contributed by atoms with Gasteiger partial charge in [-0.15, -0.1) is 0 Å². The normalized spacial score (nSPS) is 12.0. The third-order valence-electron chi connectivity index (χ3n) is 0. The fraction of sp³-hybridized carbons (Fsp3) is 1.00. The van der Waals surface area contributed by atoms with E-state index in [-0.39, 0.29) is 0 Å². The van der Waals surface area contributed by atoms with Crippen LogP contribution in [0.25, 0.3) is 0 Å². The predicted octanol–water partition coefficient (Wildman–Crippen LogP) is 2.97. The lowest BCUT2D eigenvalue weighted by Crippen LogP contribution is -1.82. The van der Waals surface area contributed by atoms with Gasteiger partial charge in [-0.1, -0.05) is 67.8 Å². The molecule has 0 fully saturated rings. The minimum Gasteiger partial charge on any atom is -0.0557 e. The summed E-state index contributed by atoms with van der Waals surface area (Å²) in [5.74, 6) is 0. The van der Waals surface area contributed by atoms with Gasteiger partial charge >= 0.3 is 0 Å². The Balaban J connectivity index is 3.02. The molecule has 0 saturated heterocycles. The first-order chi connectivity index (χ1) is 2.00. The van der Waals surface area contributed by atoms with Crippen LogP contribution < -0.4 is 0 Å². The Hall–Kier alpha value is 2.19. The summed E-state index contributed by atoms with van der Waals surface area (Å²) in [5, 5.41) is 0. The fourth-order valence-electron chi connectivity index (χ4n) is 0. The van der Waals surface area contributed by atoms with Crippen molar-refractivity contribution in [1.29, 1.82) is 0 Å². The first-order valence-corrected chi connectivity index (χ1v) is 4.30. The fourth-order valence-corrected chi connectivity index (χ4v) is 0. The molecular formula is C2H3I3. The van der Waals surface area contributed by atoms with Crippen molar-refractivity contribution < 1.29 is 0 Å². The molecule has 32 valence electrons. The van der Waals surface area contributed by atoms with Crippen molar-refractivity contribution in [3.8, 4) is 0 Å². The average Bonchev–Trinajstić information content (AvgIpc) is 0.722. The summed E-state index contributed by atoms with van der Waals surface area (Å²) in [4.78, 5) is 0. The molecule has 0 spiro atoms. The van der Waals surface area contributed by atoms with Crippen LogP contribution in [0.1, 0.15) is 6.92 Å². The monoisotopic (exact) mass is 408 g/mol. The van der Waals surface area contributed by atoms with Crippen LogP contribution in [0.5, 0.6) is 0 Å². The van der Waals surface area contributed by atoms with Gasteiger partial charge in [-0.05, 0) is 6.92 Å². The molecule has 0 amide bonds. The maximum Gasteiger partial charge on any atom is 0.121 e. The van der Waals surface area contributed by atoms with Crippen LogP contribution in [0, 0.1) is 0 Å². The first-order valence-electron chi connectivity index (χ1n) is 1.07. The van der Waals surface area contributed by atoms with Gasteiger partial charge in [0.15, 0.2) is 0 Å². The molecule has 0 aromatic carbocycles. The lowest BCUT2D eigenvalue weighted by Gasteiger charge is -1.96. The summed E-state index contributed by atoms with van der Waals surface area (Å²) in [6, 6.07) is 0. The van der Waals surface area contributed by atoms with E-state index in [0.29, 0.717) is -0.565 Å². The topological polar surface area (TPSA) is 0 Å². The Kier molecular flexibility index (Phi) is 3.57. The van der Waals surface area contributed by atoms with Crippen molar-refractivity contribution in [2.45, 2.75) is 6.36 Å². The molecule has 0 aliphatic rings. The molecule has 0 atom stereocenters. The van der Waals surface area contributed by atoms with E-state index >= 15 is 0 Å². The molecule has 0 saturated carbocycles. The summed E-state index contributed by atoms with van der Waals surface area (Å²) in [6.45, 7) is 2.15. The second kappa shape index (κ2) is 2.49. The maximum absolute atomic E-state index is 2.35. The highest BCUT2D eigenvalue weighted by Crippen LogP contribution is 2.33. The van der Waals surface area contributed by atoms with Crippen LogP contribution in [-0.4, -0.2) is -0.565 Å². The Bertz CT molecular complexity index is 20.4. The van der Waals surface area contributed by atoms with Crippen LogP contribution in [0.4, 0.5) is 0 Å². The van der Waals surface area contributed by atoms with Crippen LogP contribution in [-0.2, 0) is 0 Å². The molecule has 0 N–H and O–H groups in total. The third kappa shape index (κ3) is 22.7. The zero-order chi connectivity index (χ0) is 4.50. The zero-order valence-electron chi connectivity index (χ0n) is 2.63. The van der Waals surface area contributed by atoms with Crippen molar-refractivity contribution in [3.63, 3.8) is 0 Å². The summed E-state index contributed by atoms with van der Waals surface area (Å²) in [6.07, 6.45) is 0. The van der Waals surface area contributed by atoms with E-state index in [2.05, 4.69) is 74.7 Å². The van der Waals surface area contributed by atoms with Gasteiger partial charge in [0.25, 0.3) is 0 Å². The molecule has 0 heterocycles. The van der Waals surface area contributed by atoms with E-state index in [9.17, 15) is 0 Å². The molecule has 0 unspecified atom stereocenters. The first kappa shape index (κ1) is 7.19. The number of alkyl halides is 3. The maximum atomic E-state index is 2.35. The highest BCUT2D eigenvalue weighted by atomic mass is 127. The molecule has 0 aliphatic heterocycles. The van der Waals surface area contributed by atoms with E-state index in [4.69, 9.17) is 0 Å². The van der Waals surface area contributed by atoms with E-state index in [1.165, 1.54) is 0 Å². The van der Waals surface area contributed by atoms with Gasteiger partial charge in [-0.3, -0.25) is 0 Å². The molecule has 0 nitrogen and oxygen atoms in total. The summed E-state index contributed by atoms with van der Waals surface area (Å²) in [5.41, 5.74) is 0. The largest absolute Gasteiger partial charge is 0.121 e. The Morgan fingerprint density at radius 2 is 1.20 bits per heavy atom. The Morgan fingerprint density at radius 3 is 1.20 bits per heavy atom. The molecular weight excluding hydrogens is 405 g/mol. The highest BCUT2D eigenvalue weighted by molar-refractivity contribution is 14.3. The van der Waals surface area contributed by atoms with Gasteiger partial charge < -0.3 is 0 Å². The van der Waals surface area contributed by atoms with Crippen LogP contribution in [0.2, 0.25) is 0 Å². The second-order valence-electron chi connectivity index (χ2n) is 0.781. The highest BCUT2D eigenvalue weighted by Gasteiger charge is 2.04. The Morgan fingerprint density at radius 1 is 1.20 bits per heavy atom. The quantitative estimate of drug-likeness (QED) is 0.428. The molecule has 0 aliphatic carbocycles. The summed E-state index contributed by atoms with van der Waals surface area (Å²) in [7, 11) is 0. The number of halogens is 3. The molecule has 5 heavy (non-hydrogen) atoms. The van der Waals surface area contributed by atoms with Crippen molar-refractivity contribution in [3.05, 3.63) is 0 Å².